The molecule has 0 atom stereocenters. The van der Waals surface area contributed by atoms with E-state index in [0.717, 1.165) is 0 Å². The molecular weight excluding hydrogens is 181 g/mol. The molecule has 1 aromatic carbocycles. The molecule has 1 saturated carbocycles. The lowest BCUT2D eigenvalue weighted by molar-refractivity contribution is 0.300. The molecule has 2 nitrogen and oxygen atoms in total. The van der Waals surface area contributed by atoms with Crippen LogP contribution in [0.2, 0.25) is 0 Å². The summed E-state index contributed by atoms with van der Waals surface area (Å²) in [5.41, 5.74) is 6.78. The van der Waals surface area contributed by atoms with E-state index in [1.165, 1.54) is 18.9 Å². The highest BCUT2D eigenvalue weighted by Gasteiger charge is 2.22. The van der Waals surface area contributed by atoms with Gasteiger partial charge in [0.2, 0.25) is 0 Å². The molecule has 76 valence electrons. The number of ether oxygens (including phenoxy) is 1. The number of anilines is 1. The third-order valence-electron chi connectivity index (χ3n) is 2.46. The standard InChI is InChI=1S/C11H14FNO/c1-7-4-10(13)11(5-9(7)12)14-6-8-2-3-8/h4-5,8H,2-3,6,13H2,1H3. The minimum Gasteiger partial charge on any atom is -0.491 e. The summed E-state index contributed by atoms with van der Waals surface area (Å²) >= 11 is 0. The third kappa shape index (κ3) is 1.97. The van der Waals surface area contributed by atoms with Gasteiger partial charge in [0.25, 0.3) is 0 Å². The Kier molecular flexibility index (Phi) is 2.32. The average molecular weight is 195 g/mol. The van der Waals surface area contributed by atoms with Crippen molar-refractivity contribution in [2.45, 2.75) is 19.8 Å². The second-order valence-electron chi connectivity index (χ2n) is 3.89. The van der Waals surface area contributed by atoms with E-state index < -0.39 is 0 Å². The molecule has 1 aromatic rings. The Hall–Kier alpha value is -1.25. The van der Waals surface area contributed by atoms with Crippen LogP contribution in [-0.4, -0.2) is 6.61 Å². The zero-order valence-corrected chi connectivity index (χ0v) is 8.22. The molecular formula is C11H14FNO. The van der Waals surface area contributed by atoms with Crippen LogP contribution in [0.1, 0.15) is 18.4 Å². The van der Waals surface area contributed by atoms with Crippen LogP contribution in [-0.2, 0) is 0 Å². The Morgan fingerprint density at radius 3 is 2.86 bits per heavy atom. The molecule has 0 spiro atoms. The van der Waals surface area contributed by atoms with Gasteiger partial charge in [-0.2, -0.15) is 0 Å². The Bertz CT molecular complexity index is 347. The molecule has 3 heteroatoms. The van der Waals surface area contributed by atoms with Crippen LogP contribution in [0.5, 0.6) is 5.75 Å². The van der Waals surface area contributed by atoms with Crippen molar-refractivity contribution in [3.63, 3.8) is 0 Å². The first-order chi connectivity index (χ1) is 6.66. The van der Waals surface area contributed by atoms with E-state index in [-0.39, 0.29) is 5.82 Å². The molecule has 1 aliphatic carbocycles. The number of benzene rings is 1. The van der Waals surface area contributed by atoms with Gasteiger partial charge in [-0.3, -0.25) is 0 Å². The first-order valence-electron chi connectivity index (χ1n) is 4.85. The van der Waals surface area contributed by atoms with Gasteiger partial charge in [-0.05, 0) is 37.3 Å². The van der Waals surface area contributed by atoms with Gasteiger partial charge in [-0.1, -0.05) is 0 Å². The van der Waals surface area contributed by atoms with Crippen molar-refractivity contribution in [3.05, 3.63) is 23.5 Å². The highest BCUT2D eigenvalue weighted by Crippen LogP contribution is 2.31. The summed E-state index contributed by atoms with van der Waals surface area (Å²) in [6.07, 6.45) is 2.43. The lowest BCUT2D eigenvalue weighted by Gasteiger charge is -2.09. The van der Waals surface area contributed by atoms with Gasteiger partial charge in [0, 0.05) is 6.07 Å². The normalized spacial score (nSPS) is 15.6. The Labute approximate surface area is 82.9 Å². The molecule has 1 fully saturated rings. The van der Waals surface area contributed by atoms with Crippen LogP contribution in [0.25, 0.3) is 0 Å². The molecule has 0 aromatic heterocycles. The van der Waals surface area contributed by atoms with Gasteiger partial charge in [0.05, 0.1) is 12.3 Å². The molecule has 0 amide bonds. The van der Waals surface area contributed by atoms with Gasteiger partial charge in [-0.15, -0.1) is 0 Å². The molecule has 2 N–H and O–H groups in total. The van der Waals surface area contributed by atoms with E-state index in [1.54, 1.807) is 13.0 Å². The average Bonchev–Trinajstić information content (AvgIpc) is 2.92. The predicted molar refractivity (Wildman–Crippen MR) is 53.8 cm³/mol. The minimum absolute atomic E-state index is 0.259. The maximum Gasteiger partial charge on any atom is 0.145 e. The van der Waals surface area contributed by atoms with E-state index >= 15 is 0 Å². The van der Waals surface area contributed by atoms with E-state index in [0.29, 0.717) is 29.5 Å². The quantitative estimate of drug-likeness (QED) is 0.752. The van der Waals surface area contributed by atoms with E-state index in [2.05, 4.69) is 0 Å². The van der Waals surface area contributed by atoms with Crippen LogP contribution >= 0.6 is 0 Å². The summed E-state index contributed by atoms with van der Waals surface area (Å²) in [4.78, 5) is 0. The number of nitrogen functional groups attached to an aromatic ring is 1. The summed E-state index contributed by atoms with van der Waals surface area (Å²) in [7, 11) is 0. The highest BCUT2D eigenvalue weighted by molar-refractivity contribution is 5.54. The SMILES string of the molecule is Cc1cc(N)c(OCC2CC2)cc1F. The van der Waals surface area contributed by atoms with E-state index in [1.807, 2.05) is 0 Å². The number of hydrogen-bond donors (Lipinski definition) is 1. The number of halogens is 1. The summed E-state index contributed by atoms with van der Waals surface area (Å²) in [5, 5.41) is 0. The lowest BCUT2D eigenvalue weighted by Crippen LogP contribution is -2.02. The van der Waals surface area contributed by atoms with Gasteiger partial charge in [0.1, 0.15) is 11.6 Å². The Balaban J connectivity index is 2.10. The molecule has 0 bridgehead atoms. The van der Waals surface area contributed by atoms with Crippen molar-refractivity contribution < 1.29 is 9.13 Å². The summed E-state index contributed by atoms with van der Waals surface area (Å²) in [6.45, 7) is 2.35. The molecule has 0 saturated heterocycles. The number of nitrogens with two attached hydrogens (primary N) is 1. The van der Waals surface area contributed by atoms with Gasteiger partial charge in [-0.25, -0.2) is 4.39 Å². The van der Waals surface area contributed by atoms with Crippen molar-refractivity contribution >= 4 is 5.69 Å². The maximum atomic E-state index is 13.2. The van der Waals surface area contributed by atoms with Crippen LogP contribution in [0.4, 0.5) is 10.1 Å². The fourth-order valence-electron chi connectivity index (χ4n) is 1.30. The van der Waals surface area contributed by atoms with E-state index in [9.17, 15) is 4.39 Å². The zero-order chi connectivity index (χ0) is 10.1. The fraction of sp³-hybridized carbons (Fsp3) is 0.455. The monoisotopic (exact) mass is 195 g/mol. The van der Waals surface area contributed by atoms with Crippen LogP contribution < -0.4 is 10.5 Å². The Morgan fingerprint density at radius 2 is 2.21 bits per heavy atom. The van der Waals surface area contributed by atoms with Crippen LogP contribution in [0.15, 0.2) is 12.1 Å². The largest absolute Gasteiger partial charge is 0.491 e. The summed E-state index contributed by atoms with van der Waals surface area (Å²) in [6, 6.07) is 2.98. The molecule has 0 unspecified atom stereocenters. The second kappa shape index (κ2) is 3.48. The minimum atomic E-state index is -0.259. The first-order valence-corrected chi connectivity index (χ1v) is 4.85. The molecule has 14 heavy (non-hydrogen) atoms. The van der Waals surface area contributed by atoms with Gasteiger partial charge >= 0.3 is 0 Å². The fourth-order valence-corrected chi connectivity index (χ4v) is 1.30. The van der Waals surface area contributed by atoms with Crippen molar-refractivity contribution in [3.8, 4) is 5.75 Å². The van der Waals surface area contributed by atoms with E-state index in [4.69, 9.17) is 10.5 Å². The smallest absolute Gasteiger partial charge is 0.145 e. The first kappa shape index (κ1) is 9.31. The highest BCUT2D eigenvalue weighted by atomic mass is 19.1. The molecule has 2 rings (SSSR count). The van der Waals surface area contributed by atoms with Crippen LogP contribution in [0, 0.1) is 18.7 Å². The molecule has 0 heterocycles. The zero-order valence-electron chi connectivity index (χ0n) is 8.22. The van der Waals surface area contributed by atoms with Crippen molar-refractivity contribution in [1.29, 1.82) is 0 Å². The van der Waals surface area contributed by atoms with Crippen molar-refractivity contribution in [2.24, 2.45) is 5.92 Å². The third-order valence-corrected chi connectivity index (χ3v) is 2.46. The predicted octanol–water partition coefficient (Wildman–Crippen LogP) is 2.51. The Morgan fingerprint density at radius 1 is 1.50 bits per heavy atom. The number of rotatable bonds is 3. The lowest BCUT2D eigenvalue weighted by atomic mass is 10.2. The summed E-state index contributed by atoms with van der Waals surface area (Å²) < 4.78 is 18.6. The summed E-state index contributed by atoms with van der Waals surface area (Å²) in [5.74, 6) is 0.865. The topological polar surface area (TPSA) is 35.2 Å². The number of hydrogen-bond acceptors (Lipinski definition) is 2. The molecule has 0 radical (unpaired) electrons. The van der Waals surface area contributed by atoms with Gasteiger partial charge in [0.15, 0.2) is 0 Å². The maximum absolute atomic E-state index is 13.2. The van der Waals surface area contributed by atoms with Crippen molar-refractivity contribution in [1.82, 2.24) is 0 Å². The molecule has 1 aliphatic rings. The second-order valence-corrected chi connectivity index (χ2v) is 3.89. The van der Waals surface area contributed by atoms with Gasteiger partial charge < -0.3 is 10.5 Å². The van der Waals surface area contributed by atoms with Crippen LogP contribution in [0.3, 0.4) is 0 Å². The number of aryl methyl sites for hydroxylation is 1. The molecule has 0 aliphatic heterocycles. The van der Waals surface area contributed by atoms with Crippen molar-refractivity contribution in [2.75, 3.05) is 12.3 Å².